The Balaban J connectivity index is 1.58. The van der Waals surface area contributed by atoms with Crippen molar-refractivity contribution in [3.8, 4) is 11.4 Å². The van der Waals surface area contributed by atoms with Crippen molar-refractivity contribution in [3.05, 3.63) is 81.1 Å². The topological polar surface area (TPSA) is 58.1 Å². The van der Waals surface area contributed by atoms with Crippen molar-refractivity contribution < 1.29 is 4.79 Å². The normalized spacial score (nSPS) is 22.0. The lowest BCUT2D eigenvalue weighted by molar-refractivity contribution is 0.0962. The Morgan fingerprint density at radius 1 is 1.03 bits per heavy atom. The van der Waals surface area contributed by atoms with Crippen LogP contribution in [0, 0.1) is 0 Å². The molecule has 3 aromatic rings. The second-order valence-electron chi connectivity index (χ2n) is 8.23. The second kappa shape index (κ2) is 7.90. The Bertz CT molecular complexity index is 1150. The first-order valence-electron chi connectivity index (χ1n) is 10.4. The largest absolute Gasteiger partial charge is 0.355 e. The molecular formula is C24H22Cl2N4O. The molecule has 2 aromatic carbocycles. The van der Waals surface area contributed by atoms with Gasteiger partial charge in [0.2, 0.25) is 0 Å². The molecule has 2 bridgehead atoms. The van der Waals surface area contributed by atoms with Gasteiger partial charge in [0.25, 0.3) is 5.91 Å². The standard InChI is InChI=1S/C24H22Cl2N4O/c1-27-23(31)17-12-28-22(29-13-17)15-2-4-19-16(10-15)14-30-8-6-24(19,7-9-30)18-3-5-20(25)21(26)11-18/h2-5,10-13H,6-9,14H2,1H3,(H,27,31). The maximum absolute atomic E-state index is 11.8. The van der Waals surface area contributed by atoms with Crippen LogP contribution in [0.3, 0.4) is 0 Å². The number of fused-ring (bicyclic) bond motifs is 2. The number of benzene rings is 2. The van der Waals surface area contributed by atoms with Gasteiger partial charge in [0.15, 0.2) is 5.82 Å². The van der Waals surface area contributed by atoms with E-state index in [1.54, 1.807) is 19.4 Å². The fourth-order valence-electron chi connectivity index (χ4n) is 4.91. The minimum atomic E-state index is -0.193. The van der Waals surface area contributed by atoms with Crippen molar-refractivity contribution in [1.29, 1.82) is 0 Å². The minimum absolute atomic E-state index is 0.0704. The van der Waals surface area contributed by atoms with E-state index < -0.39 is 0 Å². The summed E-state index contributed by atoms with van der Waals surface area (Å²) in [7, 11) is 1.59. The molecule has 1 aromatic heterocycles. The molecule has 1 N–H and O–H groups in total. The zero-order chi connectivity index (χ0) is 21.6. The molecule has 31 heavy (non-hydrogen) atoms. The highest BCUT2D eigenvalue weighted by molar-refractivity contribution is 6.42. The van der Waals surface area contributed by atoms with Gasteiger partial charge in [0, 0.05) is 37.0 Å². The molecule has 6 rings (SSSR count). The van der Waals surface area contributed by atoms with Crippen LogP contribution >= 0.6 is 23.2 Å². The highest BCUT2D eigenvalue weighted by Gasteiger charge is 2.42. The second-order valence-corrected chi connectivity index (χ2v) is 9.05. The average molecular weight is 453 g/mol. The number of hydrogen-bond acceptors (Lipinski definition) is 4. The summed E-state index contributed by atoms with van der Waals surface area (Å²) in [6, 6.07) is 12.6. The lowest BCUT2D eigenvalue weighted by atomic mass is 9.68. The maximum atomic E-state index is 11.8. The number of carbonyl (C=O) groups excluding carboxylic acids is 1. The van der Waals surface area contributed by atoms with E-state index in [9.17, 15) is 4.79 Å². The van der Waals surface area contributed by atoms with Gasteiger partial charge in [0.1, 0.15) is 0 Å². The Kier molecular flexibility index (Phi) is 5.21. The van der Waals surface area contributed by atoms with Crippen LogP contribution in [0.25, 0.3) is 11.4 Å². The third-order valence-corrected chi connectivity index (χ3v) is 7.33. The fraction of sp³-hybridized carbons (Fsp3) is 0.292. The van der Waals surface area contributed by atoms with Gasteiger partial charge in [-0.15, -0.1) is 0 Å². The van der Waals surface area contributed by atoms with E-state index in [2.05, 4.69) is 44.5 Å². The van der Waals surface area contributed by atoms with E-state index in [0.717, 1.165) is 38.0 Å². The summed E-state index contributed by atoms with van der Waals surface area (Å²) in [5, 5.41) is 3.77. The van der Waals surface area contributed by atoms with Crippen LogP contribution in [0.5, 0.6) is 0 Å². The van der Waals surface area contributed by atoms with E-state index in [-0.39, 0.29) is 11.3 Å². The number of nitrogens with one attached hydrogen (secondary N) is 1. The number of hydrogen-bond donors (Lipinski definition) is 1. The molecule has 0 unspecified atom stereocenters. The van der Waals surface area contributed by atoms with Crippen LogP contribution in [-0.2, 0) is 12.0 Å². The van der Waals surface area contributed by atoms with Crippen molar-refractivity contribution in [1.82, 2.24) is 20.2 Å². The summed E-state index contributed by atoms with van der Waals surface area (Å²) in [6.07, 6.45) is 5.23. The summed E-state index contributed by atoms with van der Waals surface area (Å²) < 4.78 is 0. The fourth-order valence-corrected chi connectivity index (χ4v) is 5.21. The van der Waals surface area contributed by atoms with Crippen LogP contribution in [0.1, 0.15) is 39.9 Å². The van der Waals surface area contributed by atoms with Crippen molar-refractivity contribution in [2.75, 3.05) is 20.1 Å². The Hall–Kier alpha value is -2.47. The number of carbonyl (C=O) groups is 1. The van der Waals surface area contributed by atoms with E-state index >= 15 is 0 Å². The predicted molar refractivity (Wildman–Crippen MR) is 123 cm³/mol. The van der Waals surface area contributed by atoms with Crippen molar-refractivity contribution in [3.63, 3.8) is 0 Å². The zero-order valence-electron chi connectivity index (χ0n) is 17.2. The van der Waals surface area contributed by atoms with Gasteiger partial charge in [0.05, 0.1) is 15.6 Å². The first-order chi connectivity index (χ1) is 15.0. The van der Waals surface area contributed by atoms with Crippen LogP contribution < -0.4 is 5.32 Å². The lowest BCUT2D eigenvalue weighted by Gasteiger charge is -2.39. The summed E-state index contributed by atoms with van der Waals surface area (Å²) in [6.45, 7) is 2.99. The number of aromatic nitrogens is 2. The monoisotopic (exact) mass is 452 g/mol. The first-order valence-corrected chi connectivity index (χ1v) is 11.1. The van der Waals surface area contributed by atoms with Crippen LogP contribution in [0.15, 0.2) is 48.8 Å². The van der Waals surface area contributed by atoms with E-state index in [1.165, 1.54) is 16.7 Å². The van der Waals surface area contributed by atoms with Crippen molar-refractivity contribution in [2.24, 2.45) is 0 Å². The zero-order valence-corrected chi connectivity index (χ0v) is 18.7. The Morgan fingerprint density at radius 3 is 2.45 bits per heavy atom. The van der Waals surface area contributed by atoms with E-state index in [0.29, 0.717) is 21.4 Å². The van der Waals surface area contributed by atoms with Gasteiger partial charge >= 0.3 is 0 Å². The molecule has 0 saturated carbocycles. The molecule has 1 fully saturated rings. The van der Waals surface area contributed by atoms with Gasteiger partial charge in [-0.1, -0.05) is 41.4 Å². The number of piperidine rings is 1. The molecule has 4 heterocycles. The molecule has 7 heteroatoms. The number of nitrogens with zero attached hydrogens (tertiary/aromatic N) is 3. The third-order valence-electron chi connectivity index (χ3n) is 6.60. The molecule has 3 aliphatic rings. The van der Waals surface area contributed by atoms with E-state index in [4.69, 9.17) is 23.2 Å². The van der Waals surface area contributed by atoms with Crippen molar-refractivity contribution >= 4 is 29.1 Å². The third kappa shape index (κ3) is 3.51. The Labute approximate surface area is 191 Å². The predicted octanol–water partition coefficient (Wildman–Crippen LogP) is 4.71. The molecule has 0 spiro atoms. The highest BCUT2D eigenvalue weighted by atomic mass is 35.5. The lowest BCUT2D eigenvalue weighted by Crippen LogP contribution is -2.39. The summed E-state index contributed by atoms with van der Waals surface area (Å²) in [5.41, 5.74) is 5.19. The quantitative estimate of drug-likeness (QED) is 0.625. The van der Waals surface area contributed by atoms with Crippen LogP contribution in [0.2, 0.25) is 10.0 Å². The summed E-state index contributed by atoms with van der Waals surface area (Å²) in [5.74, 6) is 0.423. The van der Waals surface area contributed by atoms with Gasteiger partial charge in [-0.2, -0.15) is 0 Å². The minimum Gasteiger partial charge on any atom is -0.355 e. The van der Waals surface area contributed by atoms with E-state index in [1.807, 2.05) is 12.1 Å². The molecular weight excluding hydrogens is 431 g/mol. The number of halogens is 2. The van der Waals surface area contributed by atoms with Gasteiger partial charge in [-0.25, -0.2) is 9.97 Å². The number of amides is 1. The van der Waals surface area contributed by atoms with Crippen LogP contribution in [-0.4, -0.2) is 40.9 Å². The number of rotatable bonds is 3. The molecule has 158 valence electrons. The molecule has 0 aliphatic carbocycles. The molecule has 1 amide bonds. The van der Waals surface area contributed by atoms with Gasteiger partial charge in [-0.3, -0.25) is 9.69 Å². The average Bonchev–Trinajstić information content (AvgIpc) is 3.06. The smallest absolute Gasteiger partial charge is 0.254 e. The molecule has 0 radical (unpaired) electrons. The Morgan fingerprint density at radius 2 is 1.77 bits per heavy atom. The maximum Gasteiger partial charge on any atom is 0.254 e. The molecule has 3 aliphatic heterocycles. The highest BCUT2D eigenvalue weighted by Crippen LogP contribution is 2.47. The molecule has 5 nitrogen and oxygen atoms in total. The summed E-state index contributed by atoms with van der Waals surface area (Å²) >= 11 is 12.6. The summed E-state index contributed by atoms with van der Waals surface area (Å²) in [4.78, 5) is 23.1. The van der Waals surface area contributed by atoms with Gasteiger partial charge in [-0.05, 0) is 60.8 Å². The van der Waals surface area contributed by atoms with Gasteiger partial charge < -0.3 is 5.32 Å². The molecule has 0 atom stereocenters. The van der Waals surface area contributed by atoms with Crippen LogP contribution in [0.4, 0.5) is 0 Å². The molecule has 1 saturated heterocycles. The van der Waals surface area contributed by atoms with Crippen molar-refractivity contribution in [2.45, 2.75) is 24.8 Å². The first kappa shape index (κ1) is 20.4. The SMILES string of the molecule is CNC(=O)c1cnc(-c2ccc3c(c2)CN2CCC3(c3ccc(Cl)c(Cl)c3)CC2)nc1.